The molecule has 0 heterocycles. The van der Waals surface area contributed by atoms with Crippen molar-refractivity contribution in [1.29, 1.82) is 0 Å². The molecule has 3 heteroatoms. The van der Waals surface area contributed by atoms with Crippen LogP contribution in [0.1, 0.15) is 23.7 Å². The van der Waals surface area contributed by atoms with E-state index in [1.54, 1.807) is 0 Å². The number of Topliss-reactive ketones (excluding diaryl/α,β-unsaturated/α-hetero) is 1. The third kappa shape index (κ3) is 4.31. The molecule has 0 aliphatic carbocycles. The van der Waals surface area contributed by atoms with Crippen molar-refractivity contribution in [3.63, 3.8) is 0 Å². The molecule has 0 N–H and O–H groups in total. The smallest absolute Gasteiger partial charge is 0.187 e. The average molecular weight is 423 g/mol. The zero-order valence-corrected chi connectivity index (χ0v) is 18.5. The van der Waals surface area contributed by atoms with Gasteiger partial charge in [0.1, 0.15) is 6.04 Å². The molecule has 0 aromatic heterocycles. The summed E-state index contributed by atoms with van der Waals surface area (Å²) >= 11 is 0. The van der Waals surface area contributed by atoms with Gasteiger partial charge in [-0.3, -0.25) is 9.54 Å². The Hall–Kier alpha value is -3.22. The zero-order chi connectivity index (χ0) is 21.5. The van der Waals surface area contributed by atoms with Gasteiger partial charge in [0.2, 0.25) is 0 Å². The highest BCUT2D eigenvalue weighted by molar-refractivity contribution is 7.87. The maximum absolute atomic E-state index is 13.5. The highest BCUT2D eigenvalue weighted by Crippen LogP contribution is 2.47. The van der Waals surface area contributed by atoms with Crippen molar-refractivity contribution < 1.29 is 4.79 Å². The van der Waals surface area contributed by atoms with Gasteiger partial charge in [-0.15, -0.1) is 0 Å². The lowest BCUT2D eigenvalue weighted by molar-refractivity contribution is 0.0961. The van der Waals surface area contributed by atoms with Gasteiger partial charge in [-0.25, -0.2) is 0 Å². The van der Waals surface area contributed by atoms with Gasteiger partial charge in [0.25, 0.3) is 0 Å². The van der Waals surface area contributed by atoms with Crippen LogP contribution >= 0.6 is 7.05 Å². The highest BCUT2D eigenvalue weighted by atomic mass is 31.2. The fraction of sp³-hybridized carbons (Fsp3) is 0.107. The van der Waals surface area contributed by atoms with Crippen LogP contribution in [0.15, 0.2) is 126 Å². The standard InChI is InChI=1S/C28H26NOP/c1-2-27(28(30)23-15-7-3-8-16-23)29-31(24-17-9-4-10-18-24,25-19-11-5-12-20-25)26-21-13-6-14-22-26/h3-22,27H,2H2,1H3. The Morgan fingerprint density at radius 2 is 1.00 bits per heavy atom. The maximum Gasteiger partial charge on any atom is 0.187 e. The molecular weight excluding hydrogens is 397 g/mol. The number of nitrogens with zero attached hydrogens (tertiary/aromatic N) is 1. The lowest BCUT2D eigenvalue weighted by Gasteiger charge is -2.29. The average Bonchev–Trinajstić information content (AvgIpc) is 2.87. The highest BCUT2D eigenvalue weighted by Gasteiger charge is 2.30. The van der Waals surface area contributed by atoms with Crippen molar-refractivity contribution in [2.45, 2.75) is 19.4 Å². The van der Waals surface area contributed by atoms with E-state index in [0.29, 0.717) is 12.0 Å². The lowest BCUT2D eigenvalue weighted by atomic mass is 10.0. The van der Waals surface area contributed by atoms with E-state index in [0.717, 1.165) is 15.9 Å². The van der Waals surface area contributed by atoms with Crippen molar-refractivity contribution in [3.05, 3.63) is 127 Å². The van der Waals surface area contributed by atoms with Crippen LogP contribution in [0.4, 0.5) is 0 Å². The van der Waals surface area contributed by atoms with E-state index < -0.39 is 13.1 Å². The van der Waals surface area contributed by atoms with E-state index in [-0.39, 0.29) is 5.78 Å². The lowest BCUT2D eigenvalue weighted by Crippen LogP contribution is -2.28. The summed E-state index contributed by atoms with van der Waals surface area (Å²) < 4.78 is 5.47. The van der Waals surface area contributed by atoms with E-state index in [1.165, 1.54) is 0 Å². The fourth-order valence-electron chi connectivity index (χ4n) is 3.90. The third-order valence-electron chi connectivity index (χ3n) is 5.45. The number of carbonyl (C=O) groups excluding carboxylic acids is 1. The zero-order valence-electron chi connectivity index (χ0n) is 17.6. The Balaban J connectivity index is 2.03. The van der Waals surface area contributed by atoms with Crippen LogP contribution in [0.25, 0.3) is 0 Å². The van der Waals surface area contributed by atoms with Crippen LogP contribution in [0.2, 0.25) is 0 Å². The number of hydrogen-bond acceptors (Lipinski definition) is 2. The molecule has 0 saturated carbocycles. The Morgan fingerprint density at radius 1 is 0.645 bits per heavy atom. The molecule has 2 nitrogen and oxygen atoms in total. The van der Waals surface area contributed by atoms with E-state index in [9.17, 15) is 4.79 Å². The molecule has 0 aliphatic rings. The summed E-state index contributed by atoms with van der Waals surface area (Å²) in [4.78, 5) is 13.5. The summed E-state index contributed by atoms with van der Waals surface area (Å²) in [5, 5.41) is 3.48. The molecule has 4 rings (SSSR count). The van der Waals surface area contributed by atoms with Gasteiger partial charge in [0, 0.05) is 21.5 Å². The first-order valence-electron chi connectivity index (χ1n) is 10.6. The van der Waals surface area contributed by atoms with Crippen molar-refractivity contribution in [2.75, 3.05) is 0 Å². The first kappa shape index (κ1) is 21.0. The summed E-state index contributed by atoms with van der Waals surface area (Å²) in [5.74, 6) is 0.0790. The van der Waals surface area contributed by atoms with Crippen molar-refractivity contribution in [3.8, 4) is 0 Å². The van der Waals surface area contributed by atoms with E-state index in [2.05, 4.69) is 72.8 Å². The predicted molar refractivity (Wildman–Crippen MR) is 132 cm³/mol. The van der Waals surface area contributed by atoms with Gasteiger partial charge in [0.15, 0.2) is 5.78 Å². The SMILES string of the molecule is CCC(N=P(c1ccccc1)(c1ccccc1)c1ccccc1)C(=O)c1ccccc1. The molecule has 0 saturated heterocycles. The van der Waals surface area contributed by atoms with Crippen LogP contribution in [-0.2, 0) is 0 Å². The largest absolute Gasteiger partial charge is 0.292 e. The minimum Gasteiger partial charge on any atom is -0.292 e. The van der Waals surface area contributed by atoms with Gasteiger partial charge < -0.3 is 0 Å². The minimum atomic E-state index is -2.40. The molecule has 4 aromatic carbocycles. The predicted octanol–water partition coefficient (Wildman–Crippen LogP) is 5.83. The maximum atomic E-state index is 13.5. The van der Waals surface area contributed by atoms with Gasteiger partial charge in [-0.2, -0.15) is 0 Å². The monoisotopic (exact) mass is 423 g/mol. The van der Waals surface area contributed by atoms with Crippen molar-refractivity contribution in [1.82, 2.24) is 0 Å². The normalized spacial score (nSPS) is 12.2. The Kier molecular flexibility index (Phi) is 6.60. The minimum absolute atomic E-state index is 0.0790. The van der Waals surface area contributed by atoms with Crippen LogP contribution < -0.4 is 15.9 Å². The third-order valence-corrected chi connectivity index (χ3v) is 9.21. The van der Waals surface area contributed by atoms with Crippen LogP contribution in [0, 0.1) is 0 Å². The molecule has 0 aliphatic heterocycles. The van der Waals surface area contributed by atoms with E-state index in [1.807, 2.05) is 55.5 Å². The molecule has 1 atom stereocenters. The topological polar surface area (TPSA) is 29.4 Å². The second kappa shape index (κ2) is 9.73. The number of carbonyl (C=O) groups is 1. The van der Waals surface area contributed by atoms with Crippen LogP contribution in [-0.4, -0.2) is 11.8 Å². The molecule has 1 unspecified atom stereocenters. The Morgan fingerprint density at radius 3 is 1.35 bits per heavy atom. The number of ketones is 1. The van der Waals surface area contributed by atoms with Gasteiger partial charge in [-0.05, 0) is 6.42 Å². The van der Waals surface area contributed by atoms with Crippen molar-refractivity contribution >= 4 is 28.8 Å². The summed E-state index contributed by atoms with van der Waals surface area (Å²) in [5.41, 5.74) is 0.713. The molecule has 4 aromatic rings. The number of benzene rings is 4. The number of hydrogen-bond donors (Lipinski definition) is 0. The summed E-state index contributed by atoms with van der Waals surface area (Å²) in [6, 6.07) is 40.5. The van der Waals surface area contributed by atoms with Gasteiger partial charge >= 0.3 is 0 Å². The second-order valence-electron chi connectivity index (χ2n) is 7.41. The van der Waals surface area contributed by atoms with Crippen molar-refractivity contribution in [2.24, 2.45) is 4.74 Å². The second-order valence-corrected chi connectivity index (χ2v) is 10.5. The molecule has 31 heavy (non-hydrogen) atoms. The Labute approximate surface area is 184 Å². The molecule has 0 fully saturated rings. The quantitative estimate of drug-likeness (QED) is 0.272. The van der Waals surface area contributed by atoms with Gasteiger partial charge in [0.05, 0.1) is 7.05 Å². The Bertz CT molecular complexity index is 1070. The molecule has 154 valence electrons. The summed E-state index contributed by atoms with van der Waals surface area (Å²) in [7, 11) is -2.40. The van der Waals surface area contributed by atoms with Crippen LogP contribution in [0.5, 0.6) is 0 Å². The molecule has 0 radical (unpaired) electrons. The summed E-state index contributed by atoms with van der Waals surface area (Å²) in [6.45, 7) is 2.05. The first-order valence-corrected chi connectivity index (χ1v) is 12.4. The molecule has 0 amide bonds. The molecular formula is C28H26NOP. The van der Waals surface area contributed by atoms with E-state index in [4.69, 9.17) is 4.74 Å². The molecule has 0 spiro atoms. The van der Waals surface area contributed by atoms with E-state index >= 15 is 0 Å². The molecule has 0 bridgehead atoms. The fourth-order valence-corrected chi connectivity index (χ4v) is 7.69. The summed E-state index contributed by atoms with van der Waals surface area (Å²) in [6.07, 6.45) is 0.655. The first-order chi connectivity index (χ1) is 15.3. The van der Waals surface area contributed by atoms with Crippen LogP contribution in [0.3, 0.4) is 0 Å². The van der Waals surface area contributed by atoms with Gasteiger partial charge in [-0.1, -0.05) is 128 Å². The number of rotatable bonds is 7.